The summed E-state index contributed by atoms with van der Waals surface area (Å²) < 4.78 is 13.3. The maximum Gasteiger partial charge on any atom is 0.136 e. The van der Waals surface area contributed by atoms with Crippen LogP contribution in [0.15, 0.2) is 116 Å². The van der Waals surface area contributed by atoms with Gasteiger partial charge in [0.2, 0.25) is 0 Å². The van der Waals surface area contributed by atoms with E-state index in [2.05, 4.69) is 82.7 Å². The minimum atomic E-state index is 0.901. The Hall–Kier alpha value is -3.82. The molecule has 3 heteroatoms. The van der Waals surface area contributed by atoms with E-state index in [0.717, 1.165) is 70.6 Å². The van der Waals surface area contributed by atoms with Gasteiger partial charge in [0.25, 0.3) is 0 Å². The second-order valence-electron chi connectivity index (χ2n) is 8.28. The summed E-state index contributed by atoms with van der Waals surface area (Å²) in [6.45, 7) is 0. The fourth-order valence-corrected chi connectivity index (χ4v) is 5.42. The zero-order valence-corrected chi connectivity index (χ0v) is 19.1. The van der Waals surface area contributed by atoms with Crippen LogP contribution in [0.25, 0.3) is 66.1 Å². The summed E-state index contributed by atoms with van der Waals surface area (Å²) in [7, 11) is 0. The van der Waals surface area contributed by atoms with Gasteiger partial charge in [0.05, 0.1) is 0 Å². The Morgan fingerprint density at radius 2 is 0.909 bits per heavy atom. The Morgan fingerprint density at radius 1 is 0.455 bits per heavy atom. The smallest absolute Gasteiger partial charge is 0.136 e. The molecule has 5 aromatic carbocycles. The molecule has 0 atom stereocenters. The predicted molar refractivity (Wildman–Crippen MR) is 140 cm³/mol. The maximum atomic E-state index is 6.13. The molecule has 2 aromatic heterocycles. The predicted octanol–water partition coefficient (Wildman–Crippen LogP) is 9.58. The first kappa shape index (κ1) is 18.7. The SMILES string of the molecule is Brc1cc(-c2cccc3oc4ccccc4c23)cc(-c2cccc3oc4ccccc4c23)c1. The number of hydrogen-bond acceptors (Lipinski definition) is 2. The molecule has 0 aliphatic rings. The first-order valence-electron chi connectivity index (χ1n) is 10.9. The molecule has 0 fully saturated rings. The van der Waals surface area contributed by atoms with Crippen molar-refractivity contribution in [3.05, 3.63) is 108 Å². The summed E-state index contributed by atoms with van der Waals surface area (Å²) in [5.74, 6) is 0. The zero-order valence-electron chi connectivity index (χ0n) is 17.5. The number of para-hydroxylation sites is 2. The summed E-state index contributed by atoms with van der Waals surface area (Å²) in [5.41, 5.74) is 8.21. The lowest BCUT2D eigenvalue weighted by Gasteiger charge is -2.10. The first-order valence-corrected chi connectivity index (χ1v) is 11.7. The van der Waals surface area contributed by atoms with Gasteiger partial charge in [0.1, 0.15) is 22.3 Å². The van der Waals surface area contributed by atoms with Gasteiger partial charge in [-0.1, -0.05) is 76.6 Å². The highest BCUT2D eigenvalue weighted by molar-refractivity contribution is 9.10. The highest BCUT2D eigenvalue weighted by Crippen LogP contribution is 2.41. The van der Waals surface area contributed by atoms with Gasteiger partial charge in [-0.15, -0.1) is 0 Å². The number of fused-ring (bicyclic) bond motifs is 6. The fraction of sp³-hybridized carbons (Fsp3) is 0. The fourth-order valence-electron chi connectivity index (χ4n) is 4.93. The minimum absolute atomic E-state index is 0.901. The van der Waals surface area contributed by atoms with E-state index in [-0.39, 0.29) is 0 Å². The Labute approximate surface area is 198 Å². The Kier molecular flexibility index (Phi) is 4.02. The summed E-state index contributed by atoms with van der Waals surface area (Å²) >= 11 is 3.77. The monoisotopic (exact) mass is 488 g/mol. The van der Waals surface area contributed by atoms with Crippen LogP contribution in [0.3, 0.4) is 0 Å². The van der Waals surface area contributed by atoms with Crippen molar-refractivity contribution in [3.63, 3.8) is 0 Å². The van der Waals surface area contributed by atoms with Crippen molar-refractivity contribution in [3.8, 4) is 22.3 Å². The normalized spacial score (nSPS) is 11.8. The van der Waals surface area contributed by atoms with Crippen molar-refractivity contribution in [1.82, 2.24) is 0 Å². The van der Waals surface area contributed by atoms with Crippen LogP contribution in [0.1, 0.15) is 0 Å². The lowest BCUT2D eigenvalue weighted by Crippen LogP contribution is -1.85. The lowest BCUT2D eigenvalue weighted by molar-refractivity contribution is 0.668. The van der Waals surface area contributed by atoms with Gasteiger partial charge in [-0.2, -0.15) is 0 Å². The molecule has 156 valence electrons. The van der Waals surface area contributed by atoms with Gasteiger partial charge >= 0.3 is 0 Å². The van der Waals surface area contributed by atoms with Crippen LogP contribution >= 0.6 is 15.9 Å². The van der Waals surface area contributed by atoms with E-state index in [0.29, 0.717) is 0 Å². The molecule has 0 saturated heterocycles. The van der Waals surface area contributed by atoms with Gasteiger partial charge in [-0.05, 0) is 64.7 Å². The molecule has 0 unspecified atom stereocenters. The number of furan rings is 2. The van der Waals surface area contributed by atoms with E-state index in [4.69, 9.17) is 8.83 Å². The van der Waals surface area contributed by atoms with Gasteiger partial charge in [0, 0.05) is 26.0 Å². The summed E-state index contributed by atoms with van der Waals surface area (Å²) in [6, 6.07) is 35.6. The number of benzene rings is 5. The number of rotatable bonds is 2. The van der Waals surface area contributed by atoms with Crippen LogP contribution in [-0.2, 0) is 0 Å². The molecule has 0 aliphatic carbocycles. The van der Waals surface area contributed by atoms with Gasteiger partial charge < -0.3 is 8.83 Å². The molecule has 33 heavy (non-hydrogen) atoms. The molecular formula is C30H17BrO2. The van der Waals surface area contributed by atoms with E-state index in [9.17, 15) is 0 Å². The van der Waals surface area contributed by atoms with Crippen LogP contribution in [0.2, 0.25) is 0 Å². The molecule has 2 nitrogen and oxygen atoms in total. The largest absolute Gasteiger partial charge is 0.456 e. The first-order chi connectivity index (χ1) is 16.3. The van der Waals surface area contributed by atoms with Crippen LogP contribution in [0.4, 0.5) is 0 Å². The molecule has 7 aromatic rings. The van der Waals surface area contributed by atoms with E-state index in [1.54, 1.807) is 0 Å². The molecule has 0 spiro atoms. The minimum Gasteiger partial charge on any atom is -0.456 e. The highest BCUT2D eigenvalue weighted by Gasteiger charge is 2.16. The average Bonchev–Trinajstić information content (AvgIpc) is 3.42. The van der Waals surface area contributed by atoms with Crippen molar-refractivity contribution < 1.29 is 8.83 Å². The quantitative estimate of drug-likeness (QED) is 0.242. The summed E-state index contributed by atoms with van der Waals surface area (Å²) in [5, 5.41) is 4.55. The zero-order chi connectivity index (χ0) is 21.9. The number of hydrogen-bond donors (Lipinski definition) is 0. The molecule has 0 saturated carbocycles. The molecule has 0 amide bonds. The van der Waals surface area contributed by atoms with Crippen LogP contribution in [-0.4, -0.2) is 0 Å². The number of halogens is 1. The molecule has 7 rings (SSSR count). The summed E-state index contributed by atoms with van der Waals surface area (Å²) in [4.78, 5) is 0. The maximum absolute atomic E-state index is 6.13. The van der Waals surface area contributed by atoms with Crippen molar-refractivity contribution in [1.29, 1.82) is 0 Å². The Bertz CT molecular complexity index is 1710. The standard InChI is InChI=1S/C30H17BrO2/c31-20-16-18(21-9-5-13-27-29(21)23-7-1-3-11-25(23)32-27)15-19(17-20)22-10-6-14-28-30(22)24-8-2-4-12-26(24)33-28/h1-17H. The third kappa shape index (κ3) is 2.86. The molecule has 0 radical (unpaired) electrons. The molecule has 2 heterocycles. The molecule has 0 aliphatic heterocycles. The highest BCUT2D eigenvalue weighted by atomic mass is 79.9. The molecule has 0 bridgehead atoms. The van der Waals surface area contributed by atoms with Gasteiger partial charge in [-0.3, -0.25) is 0 Å². The van der Waals surface area contributed by atoms with E-state index < -0.39 is 0 Å². The molecular weight excluding hydrogens is 472 g/mol. The third-order valence-corrected chi connectivity index (χ3v) is 6.78. The van der Waals surface area contributed by atoms with Crippen molar-refractivity contribution in [2.75, 3.05) is 0 Å². The second kappa shape index (κ2) is 7.09. The van der Waals surface area contributed by atoms with Crippen molar-refractivity contribution >= 4 is 59.8 Å². The Balaban J connectivity index is 1.52. The van der Waals surface area contributed by atoms with Crippen LogP contribution in [0.5, 0.6) is 0 Å². The van der Waals surface area contributed by atoms with Crippen LogP contribution < -0.4 is 0 Å². The third-order valence-electron chi connectivity index (χ3n) is 6.32. The van der Waals surface area contributed by atoms with Gasteiger partial charge in [0.15, 0.2) is 0 Å². The summed E-state index contributed by atoms with van der Waals surface area (Å²) in [6.07, 6.45) is 0. The van der Waals surface area contributed by atoms with E-state index in [1.165, 1.54) is 0 Å². The average molecular weight is 489 g/mol. The van der Waals surface area contributed by atoms with Crippen LogP contribution in [0, 0.1) is 0 Å². The second-order valence-corrected chi connectivity index (χ2v) is 9.20. The topological polar surface area (TPSA) is 26.3 Å². The van der Waals surface area contributed by atoms with Crippen molar-refractivity contribution in [2.24, 2.45) is 0 Å². The lowest BCUT2D eigenvalue weighted by atomic mass is 9.94. The van der Waals surface area contributed by atoms with E-state index >= 15 is 0 Å². The Morgan fingerprint density at radius 3 is 1.42 bits per heavy atom. The molecule has 0 N–H and O–H groups in total. The van der Waals surface area contributed by atoms with E-state index in [1.807, 2.05) is 36.4 Å². The van der Waals surface area contributed by atoms with Crippen molar-refractivity contribution in [2.45, 2.75) is 0 Å². The van der Waals surface area contributed by atoms with Gasteiger partial charge in [-0.25, -0.2) is 0 Å².